The molecule has 0 spiro atoms. The van der Waals surface area contributed by atoms with Gasteiger partial charge in [-0.3, -0.25) is 9.78 Å². The van der Waals surface area contributed by atoms with Crippen molar-refractivity contribution in [3.8, 4) is 0 Å². The first kappa shape index (κ1) is 16.7. The molecule has 4 nitrogen and oxygen atoms in total. The van der Waals surface area contributed by atoms with Crippen LogP contribution in [-0.4, -0.2) is 15.8 Å². The number of thiazole rings is 1. The number of hydrogen-bond acceptors (Lipinski definition) is 5. The van der Waals surface area contributed by atoms with E-state index in [9.17, 15) is 18.0 Å². The summed E-state index contributed by atoms with van der Waals surface area (Å²) in [5.74, 6) is -0.463. The molecule has 1 aliphatic heterocycles. The molecule has 0 saturated carbocycles. The van der Waals surface area contributed by atoms with E-state index in [1.807, 2.05) is 17.0 Å². The molecule has 0 fully saturated rings. The lowest BCUT2D eigenvalue weighted by atomic mass is 10.1. The van der Waals surface area contributed by atoms with Crippen LogP contribution in [0.25, 0.3) is 0 Å². The molecule has 1 aromatic carbocycles. The van der Waals surface area contributed by atoms with Crippen molar-refractivity contribution in [2.45, 2.75) is 19.3 Å². The minimum Gasteiger partial charge on any atom is -0.338 e. The van der Waals surface area contributed by atoms with Crippen LogP contribution in [0.15, 0.2) is 48.8 Å². The zero-order valence-electron chi connectivity index (χ0n) is 13.3. The third-order valence-corrected chi connectivity index (χ3v) is 5.18. The summed E-state index contributed by atoms with van der Waals surface area (Å²) in [6.07, 6.45) is -1.34. The maximum atomic E-state index is 12.8. The van der Waals surface area contributed by atoms with Gasteiger partial charge in [0.1, 0.15) is 0 Å². The number of ketones is 1. The second-order valence-corrected chi connectivity index (χ2v) is 6.89. The van der Waals surface area contributed by atoms with E-state index in [4.69, 9.17) is 0 Å². The Bertz CT molecular complexity index is 959. The van der Waals surface area contributed by atoms with Crippen LogP contribution in [0.1, 0.15) is 32.1 Å². The average molecular weight is 375 g/mol. The van der Waals surface area contributed by atoms with Crippen LogP contribution in [0, 0.1) is 0 Å². The topological polar surface area (TPSA) is 46.1 Å². The molecule has 0 aliphatic carbocycles. The Morgan fingerprint density at radius 2 is 1.96 bits per heavy atom. The molecule has 0 unspecified atom stereocenters. The number of carbonyl (C=O) groups is 1. The van der Waals surface area contributed by atoms with Crippen LogP contribution in [0.2, 0.25) is 0 Å². The molecule has 26 heavy (non-hydrogen) atoms. The molecule has 0 N–H and O–H groups in total. The van der Waals surface area contributed by atoms with Crippen molar-refractivity contribution in [1.29, 1.82) is 0 Å². The van der Waals surface area contributed by atoms with E-state index in [0.717, 1.165) is 23.4 Å². The maximum Gasteiger partial charge on any atom is 0.416 e. The van der Waals surface area contributed by atoms with Crippen molar-refractivity contribution in [3.05, 3.63) is 76.1 Å². The zero-order valence-corrected chi connectivity index (χ0v) is 14.1. The first-order valence-corrected chi connectivity index (χ1v) is 8.59. The standard InChI is InChI=1S/C18H12F3N3OS/c19-18(20,21)13-5-1-3-11(7-13)16(25)15-8-23-17(26-15)24-9-12-4-2-6-22-14(12)10-24/h1-8H,9-10H2. The molecule has 1 aliphatic rings. The molecule has 0 saturated heterocycles. The summed E-state index contributed by atoms with van der Waals surface area (Å²) < 4.78 is 38.5. The summed E-state index contributed by atoms with van der Waals surface area (Å²) >= 11 is 1.17. The summed E-state index contributed by atoms with van der Waals surface area (Å²) in [7, 11) is 0. The molecule has 0 bridgehead atoms. The maximum absolute atomic E-state index is 12.8. The molecule has 8 heteroatoms. The Morgan fingerprint density at radius 1 is 1.12 bits per heavy atom. The quantitative estimate of drug-likeness (QED) is 0.640. The minimum atomic E-state index is -4.48. The number of alkyl halides is 3. The number of benzene rings is 1. The fourth-order valence-electron chi connectivity index (χ4n) is 2.83. The van der Waals surface area contributed by atoms with Crippen LogP contribution in [0.4, 0.5) is 18.3 Å². The molecule has 3 aromatic rings. The highest BCUT2D eigenvalue weighted by Gasteiger charge is 2.31. The Labute approximate surface area is 150 Å². The highest BCUT2D eigenvalue weighted by atomic mass is 32.1. The van der Waals surface area contributed by atoms with Gasteiger partial charge in [0.15, 0.2) is 5.13 Å². The molecule has 0 amide bonds. The summed E-state index contributed by atoms with van der Waals surface area (Å²) in [5.41, 5.74) is 1.23. The molecule has 0 atom stereocenters. The smallest absolute Gasteiger partial charge is 0.338 e. The predicted molar refractivity (Wildman–Crippen MR) is 91.1 cm³/mol. The van der Waals surface area contributed by atoms with Crippen LogP contribution >= 0.6 is 11.3 Å². The summed E-state index contributed by atoms with van der Waals surface area (Å²) in [6, 6.07) is 8.30. The average Bonchev–Trinajstić information content (AvgIpc) is 3.27. The Kier molecular flexibility index (Phi) is 3.99. The fourth-order valence-corrected chi connectivity index (χ4v) is 3.71. The third kappa shape index (κ3) is 3.08. The molecule has 3 heterocycles. The molecule has 0 radical (unpaired) electrons. The van der Waals surface area contributed by atoms with Gasteiger partial charge in [-0.1, -0.05) is 29.5 Å². The van der Waals surface area contributed by atoms with Crippen molar-refractivity contribution in [1.82, 2.24) is 9.97 Å². The lowest BCUT2D eigenvalue weighted by Crippen LogP contribution is -2.14. The van der Waals surface area contributed by atoms with Crippen molar-refractivity contribution in [2.75, 3.05) is 4.90 Å². The lowest BCUT2D eigenvalue weighted by Gasteiger charge is -2.12. The van der Waals surface area contributed by atoms with E-state index in [0.29, 0.717) is 23.1 Å². The molecule has 132 valence electrons. The second kappa shape index (κ2) is 6.21. The number of pyridine rings is 1. The Balaban J connectivity index is 1.56. The molecule has 4 rings (SSSR count). The van der Waals surface area contributed by atoms with Gasteiger partial charge in [-0.05, 0) is 23.8 Å². The number of nitrogens with zero attached hydrogens (tertiary/aromatic N) is 3. The van der Waals surface area contributed by atoms with E-state index in [1.54, 1.807) is 6.20 Å². The Morgan fingerprint density at radius 3 is 2.73 bits per heavy atom. The van der Waals surface area contributed by atoms with Gasteiger partial charge in [0.05, 0.1) is 28.9 Å². The highest BCUT2D eigenvalue weighted by molar-refractivity contribution is 7.17. The van der Waals surface area contributed by atoms with E-state index in [-0.39, 0.29) is 5.56 Å². The van der Waals surface area contributed by atoms with E-state index >= 15 is 0 Å². The SMILES string of the molecule is O=C(c1cccc(C(F)(F)F)c1)c1cnc(N2Cc3cccnc3C2)s1. The number of anilines is 1. The zero-order chi connectivity index (χ0) is 18.3. The highest BCUT2D eigenvalue weighted by Crippen LogP contribution is 2.33. The van der Waals surface area contributed by atoms with E-state index in [2.05, 4.69) is 9.97 Å². The molecular formula is C18H12F3N3OS. The van der Waals surface area contributed by atoms with Gasteiger partial charge in [0.25, 0.3) is 0 Å². The van der Waals surface area contributed by atoms with Gasteiger partial charge in [0.2, 0.25) is 5.78 Å². The number of rotatable bonds is 3. The lowest BCUT2D eigenvalue weighted by molar-refractivity contribution is -0.137. The number of hydrogen-bond donors (Lipinski definition) is 0. The van der Waals surface area contributed by atoms with Crippen molar-refractivity contribution < 1.29 is 18.0 Å². The Hall–Kier alpha value is -2.74. The van der Waals surface area contributed by atoms with Crippen molar-refractivity contribution in [3.63, 3.8) is 0 Å². The molecule has 2 aromatic heterocycles. The van der Waals surface area contributed by atoms with Gasteiger partial charge >= 0.3 is 6.18 Å². The summed E-state index contributed by atoms with van der Waals surface area (Å²) in [6.45, 7) is 1.24. The number of halogens is 3. The van der Waals surface area contributed by atoms with Gasteiger partial charge < -0.3 is 4.90 Å². The van der Waals surface area contributed by atoms with Gasteiger partial charge in [-0.2, -0.15) is 13.2 Å². The number of aromatic nitrogens is 2. The van der Waals surface area contributed by atoms with E-state index in [1.165, 1.54) is 29.7 Å². The van der Waals surface area contributed by atoms with Crippen molar-refractivity contribution in [2.24, 2.45) is 0 Å². The summed E-state index contributed by atoms with van der Waals surface area (Å²) in [5, 5.41) is 0.651. The van der Waals surface area contributed by atoms with Gasteiger partial charge in [-0.15, -0.1) is 0 Å². The summed E-state index contributed by atoms with van der Waals surface area (Å²) in [4.78, 5) is 23.4. The van der Waals surface area contributed by atoms with Crippen LogP contribution in [-0.2, 0) is 19.3 Å². The van der Waals surface area contributed by atoms with Gasteiger partial charge in [-0.25, -0.2) is 4.98 Å². The number of fused-ring (bicyclic) bond motifs is 1. The van der Waals surface area contributed by atoms with E-state index < -0.39 is 17.5 Å². The molecular weight excluding hydrogens is 363 g/mol. The van der Waals surface area contributed by atoms with Crippen LogP contribution in [0.5, 0.6) is 0 Å². The van der Waals surface area contributed by atoms with Crippen LogP contribution in [0.3, 0.4) is 0 Å². The van der Waals surface area contributed by atoms with Gasteiger partial charge in [0, 0.05) is 18.3 Å². The number of carbonyl (C=O) groups excluding carboxylic acids is 1. The first-order chi connectivity index (χ1) is 12.4. The monoisotopic (exact) mass is 375 g/mol. The minimum absolute atomic E-state index is 0.00130. The third-order valence-electron chi connectivity index (χ3n) is 4.13. The fraction of sp³-hybridized carbons (Fsp3) is 0.167. The predicted octanol–water partition coefficient (Wildman–Crippen LogP) is 4.31. The first-order valence-electron chi connectivity index (χ1n) is 7.77. The largest absolute Gasteiger partial charge is 0.416 e. The van der Waals surface area contributed by atoms with Crippen LogP contribution < -0.4 is 4.90 Å². The van der Waals surface area contributed by atoms with Crippen molar-refractivity contribution >= 4 is 22.3 Å². The second-order valence-electron chi connectivity index (χ2n) is 5.88. The normalized spacial score (nSPS) is 13.7.